The Balaban J connectivity index is 2.95. The monoisotopic (exact) mass is 255 g/mol. The summed E-state index contributed by atoms with van der Waals surface area (Å²) in [6, 6.07) is 5.42. The SMILES string of the molecule is N#Cc1csc2ccc(Br)c(F)c12. The fraction of sp³-hybridized carbons (Fsp3) is 0. The van der Waals surface area contributed by atoms with Crippen molar-refractivity contribution in [1.29, 1.82) is 5.26 Å². The van der Waals surface area contributed by atoms with Crippen molar-refractivity contribution in [3.05, 3.63) is 33.4 Å². The van der Waals surface area contributed by atoms with Crippen LogP contribution in [0.25, 0.3) is 10.1 Å². The molecule has 0 bridgehead atoms. The molecule has 0 N–H and O–H groups in total. The average molecular weight is 256 g/mol. The van der Waals surface area contributed by atoms with Crippen LogP contribution in [0.2, 0.25) is 0 Å². The first-order valence-corrected chi connectivity index (χ1v) is 5.16. The van der Waals surface area contributed by atoms with Crippen molar-refractivity contribution in [2.75, 3.05) is 0 Å². The predicted molar refractivity (Wildman–Crippen MR) is 54.2 cm³/mol. The van der Waals surface area contributed by atoms with Crippen LogP contribution in [-0.4, -0.2) is 0 Å². The predicted octanol–water partition coefficient (Wildman–Crippen LogP) is 3.67. The van der Waals surface area contributed by atoms with Crippen molar-refractivity contribution >= 4 is 37.4 Å². The highest BCUT2D eigenvalue weighted by molar-refractivity contribution is 9.10. The van der Waals surface area contributed by atoms with Crippen molar-refractivity contribution in [3.63, 3.8) is 0 Å². The van der Waals surface area contributed by atoms with Crippen LogP contribution in [0.3, 0.4) is 0 Å². The number of hydrogen-bond donors (Lipinski definition) is 0. The Kier molecular flexibility index (Phi) is 2.06. The van der Waals surface area contributed by atoms with E-state index in [0.717, 1.165) is 4.70 Å². The molecule has 0 amide bonds. The van der Waals surface area contributed by atoms with Crippen LogP contribution in [0.4, 0.5) is 4.39 Å². The van der Waals surface area contributed by atoms with Gasteiger partial charge in [0, 0.05) is 15.5 Å². The molecule has 0 saturated carbocycles. The van der Waals surface area contributed by atoms with Gasteiger partial charge in [0.05, 0.1) is 10.0 Å². The van der Waals surface area contributed by atoms with Crippen molar-refractivity contribution in [2.24, 2.45) is 0 Å². The van der Waals surface area contributed by atoms with E-state index in [0.29, 0.717) is 15.4 Å². The maximum absolute atomic E-state index is 13.5. The van der Waals surface area contributed by atoms with Crippen LogP contribution in [0, 0.1) is 17.1 Å². The minimum absolute atomic E-state index is 0.352. The van der Waals surface area contributed by atoms with E-state index in [2.05, 4.69) is 15.9 Å². The van der Waals surface area contributed by atoms with Gasteiger partial charge in [-0.25, -0.2) is 4.39 Å². The number of fused-ring (bicyclic) bond motifs is 1. The van der Waals surface area contributed by atoms with Gasteiger partial charge in [-0.2, -0.15) is 5.26 Å². The highest BCUT2D eigenvalue weighted by Crippen LogP contribution is 2.31. The summed E-state index contributed by atoms with van der Waals surface area (Å²) >= 11 is 4.46. The number of rotatable bonds is 0. The van der Waals surface area contributed by atoms with Crippen LogP contribution in [-0.2, 0) is 0 Å². The van der Waals surface area contributed by atoms with Gasteiger partial charge in [-0.1, -0.05) is 0 Å². The van der Waals surface area contributed by atoms with E-state index in [4.69, 9.17) is 5.26 Å². The van der Waals surface area contributed by atoms with Crippen molar-refractivity contribution in [2.45, 2.75) is 0 Å². The lowest BCUT2D eigenvalue weighted by molar-refractivity contribution is 0.633. The summed E-state index contributed by atoms with van der Waals surface area (Å²) in [5.41, 5.74) is 0.402. The second-order valence-corrected chi connectivity index (χ2v) is 4.26. The van der Waals surface area contributed by atoms with Gasteiger partial charge in [-0.15, -0.1) is 11.3 Å². The third-order valence-electron chi connectivity index (χ3n) is 1.75. The van der Waals surface area contributed by atoms with E-state index >= 15 is 0 Å². The Morgan fingerprint density at radius 2 is 2.23 bits per heavy atom. The van der Waals surface area contributed by atoms with Crippen LogP contribution in [0.5, 0.6) is 0 Å². The largest absolute Gasteiger partial charge is 0.205 e. The Morgan fingerprint density at radius 3 is 2.92 bits per heavy atom. The Labute approximate surface area is 86.5 Å². The molecule has 0 saturated heterocycles. The molecule has 0 aliphatic carbocycles. The van der Waals surface area contributed by atoms with Crippen LogP contribution in [0.1, 0.15) is 5.56 Å². The zero-order chi connectivity index (χ0) is 9.42. The molecule has 1 heterocycles. The summed E-state index contributed by atoms with van der Waals surface area (Å²) in [6.45, 7) is 0. The molecule has 1 aromatic carbocycles. The van der Waals surface area contributed by atoms with Gasteiger partial charge in [-0.3, -0.25) is 0 Å². The number of halogens is 2. The lowest BCUT2D eigenvalue weighted by Crippen LogP contribution is -1.79. The Bertz CT molecular complexity index is 512. The first kappa shape index (κ1) is 8.67. The molecule has 0 unspecified atom stereocenters. The normalized spacial score (nSPS) is 10.2. The molecular formula is C9H3BrFNS. The lowest BCUT2D eigenvalue weighted by atomic mass is 10.2. The summed E-state index contributed by atoms with van der Waals surface area (Å²) < 4.78 is 14.7. The van der Waals surface area contributed by atoms with Gasteiger partial charge in [0.1, 0.15) is 11.9 Å². The van der Waals surface area contributed by atoms with Gasteiger partial charge in [0.15, 0.2) is 0 Å². The highest BCUT2D eigenvalue weighted by Gasteiger charge is 2.10. The van der Waals surface area contributed by atoms with E-state index in [1.165, 1.54) is 11.3 Å². The second kappa shape index (κ2) is 3.09. The van der Waals surface area contributed by atoms with Gasteiger partial charge in [0.25, 0.3) is 0 Å². The van der Waals surface area contributed by atoms with Crippen molar-refractivity contribution in [3.8, 4) is 6.07 Å². The summed E-state index contributed by atoms with van der Waals surface area (Å²) in [5, 5.41) is 10.8. The summed E-state index contributed by atoms with van der Waals surface area (Å²) in [4.78, 5) is 0. The molecule has 1 nitrogen and oxygen atoms in total. The van der Waals surface area contributed by atoms with Crippen LogP contribution >= 0.6 is 27.3 Å². The zero-order valence-electron chi connectivity index (χ0n) is 6.34. The van der Waals surface area contributed by atoms with Crippen LogP contribution < -0.4 is 0 Å². The van der Waals surface area contributed by atoms with Crippen molar-refractivity contribution in [1.82, 2.24) is 0 Å². The van der Waals surface area contributed by atoms with Crippen LogP contribution in [0.15, 0.2) is 22.0 Å². The summed E-state index contributed by atoms with van der Waals surface area (Å²) in [7, 11) is 0. The maximum atomic E-state index is 13.5. The van der Waals surface area contributed by atoms with Gasteiger partial charge >= 0.3 is 0 Å². The van der Waals surface area contributed by atoms with Gasteiger partial charge in [0.2, 0.25) is 0 Å². The Morgan fingerprint density at radius 1 is 1.46 bits per heavy atom. The fourth-order valence-electron chi connectivity index (χ4n) is 1.15. The number of benzene rings is 1. The molecule has 0 aliphatic rings. The Hall–Kier alpha value is -0.920. The molecule has 0 fully saturated rings. The fourth-order valence-corrected chi connectivity index (χ4v) is 2.36. The smallest absolute Gasteiger partial charge is 0.147 e. The standard InChI is InChI=1S/C9H3BrFNS/c10-6-1-2-7-8(9(6)11)5(3-12)4-13-7/h1-2,4H. The highest BCUT2D eigenvalue weighted by atomic mass is 79.9. The van der Waals surface area contributed by atoms with Crippen molar-refractivity contribution < 1.29 is 4.39 Å². The molecule has 0 aliphatic heterocycles. The zero-order valence-corrected chi connectivity index (χ0v) is 8.75. The van der Waals surface area contributed by atoms with E-state index in [-0.39, 0.29) is 5.82 Å². The number of nitrogens with zero attached hydrogens (tertiary/aromatic N) is 1. The first-order chi connectivity index (χ1) is 6.24. The minimum Gasteiger partial charge on any atom is -0.205 e. The number of thiophene rings is 1. The molecule has 13 heavy (non-hydrogen) atoms. The second-order valence-electron chi connectivity index (χ2n) is 2.50. The number of nitriles is 1. The van der Waals surface area contributed by atoms with E-state index in [1.54, 1.807) is 17.5 Å². The van der Waals surface area contributed by atoms with E-state index < -0.39 is 0 Å². The number of hydrogen-bond acceptors (Lipinski definition) is 2. The maximum Gasteiger partial charge on any atom is 0.147 e. The molecule has 0 atom stereocenters. The quantitative estimate of drug-likeness (QED) is 0.705. The molecule has 2 rings (SSSR count). The molecule has 4 heteroatoms. The van der Waals surface area contributed by atoms with E-state index in [1.807, 2.05) is 6.07 Å². The molecule has 2 aromatic rings. The van der Waals surface area contributed by atoms with Gasteiger partial charge in [-0.05, 0) is 28.1 Å². The minimum atomic E-state index is -0.352. The van der Waals surface area contributed by atoms with Gasteiger partial charge < -0.3 is 0 Å². The third-order valence-corrected chi connectivity index (χ3v) is 3.31. The average Bonchev–Trinajstić information content (AvgIpc) is 2.55. The van der Waals surface area contributed by atoms with E-state index in [9.17, 15) is 4.39 Å². The molecule has 1 aromatic heterocycles. The third kappa shape index (κ3) is 1.25. The summed E-state index contributed by atoms with van der Waals surface area (Å²) in [6.07, 6.45) is 0. The molecular weight excluding hydrogens is 253 g/mol. The molecule has 0 radical (unpaired) electrons. The summed E-state index contributed by atoms with van der Waals surface area (Å²) in [5.74, 6) is -0.352. The molecule has 64 valence electrons. The topological polar surface area (TPSA) is 23.8 Å². The molecule has 0 spiro atoms. The lowest BCUT2D eigenvalue weighted by Gasteiger charge is -1.95. The first-order valence-electron chi connectivity index (χ1n) is 3.49.